The van der Waals surface area contributed by atoms with Gasteiger partial charge in [0, 0.05) is 33.5 Å². The van der Waals surface area contributed by atoms with Crippen molar-refractivity contribution in [2.24, 2.45) is 0 Å². The molecule has 0 N–H and O–H groups in total. The predicted octanol–water partition coefficient (Wildman–Crippen LogP) is 17.1. The van der Waals surface area contributed by atoms with Gasteiger partial charge in [0.15, 0.2) is 0 Å². The molecule has 1 atom stereocenters. The number of aromatic nitrogens is 1. The average molecular weight is 851 g/mol. The predicted molar refractivity (Wildman–Crippen MR) is 280 cm³/mol. The lowest BCUT2D eigenvalue weighted by Crippen LogP contribution is -2.29. The van der Waals surface area contributed by atoms with E-state index < -0.39 is 5.41 Å². The standard InChI is InChI=1S/C65H42N2/c1-3-17-43(18-4-1)44-31-33-48(34-32-44)66(50-36-38-64-58(42-50)55-27-13-16-30-63(55)67(64)47-21-5-2-6-22-47)49-35-37-61-57(41-49)52-24-10-9-23-51(52)53-25-11-14-28-59(53)65(61)60-29-15-12-26-54(60)56-39-45-19-7-8-20-46(45)40-62(56)65/h1-42H. The summed E-state index contributed by atoms with van der Waals surface area (Å²) in [6, 6.07) is 94.7. The molecule has 0 radical (unpaired) electrons. The van der Waals surface area contributed by atoms with Crippen LogP contribution in [0.1, 0.15) is 22.3 Å². The fourth-order valence-electron chi connectivity index (χ4n) is 11.7. The Balaban J connectivity index is 1.05. The summed E-state index contributed by atoms with van der Waals surface area (Å²) in [6.07, 6.45) is 0. The summed E-state index contributed by atoms with van der Waals surface area (Å²) in [5.74, 6) is 0. The lowest BCUT2D eigenvalue weighted by Gasteiger charge is -2.36. The molecule has 1 heterocycles. The molecular formula is C65H42N2. The average Bonchev–Trinajstić information content (AvgIpc) is 3.84. The highest BCUT2D eigenvalue weighted by Gasteiger charge is 2.50. The van der Waals surface area contributed by atoms with E-state index in [-0.39, 0.29) is 0 Å². The summed E-state index contributed by atoms with van der Waals surface area (Å²) < 4.78 is 2.39. The van der Waals surface area contributed by atoms with Crippen LogP contribution in [0.25, 0.3) is 82.8 Å². The van der Waals surface area contributed by atoms with Crippen LogP contribution in [0.4, 0.5) is 17.1 Å². The van der Waals surface area contributed by atoms with E-state index >= 15 is 0 Å². The van der Waals surface area contributed by atoms with Crippen LogP contribution in [0.15, 0.2) is 255 Å². The van der Waals surface area contributed by atoms with Crippen LogP contribution in [0.3, 0.4) is 0 Å². The van der Waals surface area contributed by atoms with Crippen LogP contribution < -0.4 is 4.90 Å². The van der Waals surface area contributed by atoms with E-state index in [1.807, 2.05) is 0 Å². The minimum Gasteiger partial charge on any atom is -0.310 e. The van der Waals surface area contributed by atoms with Gasteiger partial charge in [0.1, 0.15) is 0 Å². The van der Waals surface area contributed by atoms with Crippen molar-refractivity contribution in [1.29, 1.82) is 0 Å². The summed E-state index contributed by atoms with van der Waals surface area (Å²) in [6.45, 7) is 0. The number of rotatable bonds is 5. The topological polar surface area (TPSA) is 8.17 Å². The number of para-hydroxylation sites is 2. The Kier molecular flexibility index (Phi) is 8.23. The maximum Gasteiger partial charge on any atom is 0.0725 e. The molecule has 2 nitrogen and oxygen atoms in total. The Hall–Kier alpha value is -8.72. The maximum absolute atomic E-state index is 2.48. The van der Waals surface area contributed by atoms with E-state index in [0.717, 1.165) is 22.7 Å². The largest absolute Gasteiger partial charge is 0.310 e. The second kappa shape index (κ2) is 14.7. The quantitative estimate of drug-likeness (QED) is 0.167. The van der Waals surface area contributed by atoms with Crippen molar-refractivity contribution < 1.29 is 0 Å². The van der Waals surface area contributed by atoms with Gasteiger partial charge in [-0.15, -0.1) is 0 Å². The molecule has 0 fully saturated rings. The Morgan fingerprint density at radius 3 is 1.52 bits per heavy atom. The van der Waals surface area contributed by atoms with Crippen molar-refractivity contribution in [3.63, 3.8) is 0 Å². The minimum absolute atomic E-state index is 0.584. The molecule has 1 unspecified atom stereocenters. The molecule has 312 valence electrons. The number of anilines is 3. The zero-order valence-corrected chi connectivity index (χ0v) is 36.6. The summed E-state index contributed by atoms with van der Waals surface area (Å²) in [7, 11) is 0. The van der Waals surface area contributed by atoms with Gasteiger partial charge >= 0.3 is 0 Å². The smallest absolute Gasteiger partial charge is 0.0725 e. The van der Waals surface area contributed by atoms with Gasteiger partial charge in [0.2, 0.25) is 0 Å². The van der Waals surface area contributed by atoms with Gasteiger partial charge in [0.25, 0.3) is 0 Å². The van der Waals surface area contributed by atoms with Gasteiger partial charge in [-0.2, -0.15) is 0 Å². The molecular weight excluding hydrogens is 809 g/mol. The van der Waals surface area contributed by atoms with Gasteiger partial charge < -0.3 is 9.47 Å². The third-order valence-electron chi connectivity index (χ3n) is 14.6. The molecule has 0 saturated heterocycles. The van der Waals surface area contributed by atoms with E-state index in [4.69, 9.17) is 0 Å². The molecule has 67 heavy (non-hydrogen) atoms. The number of hydrogen-bond acceptors (Lipinski definition) is 1. The van der Waals surface area contributed by atoms with Crippen molar-refractivity contribution in [3.8, 4) is 50.2 Å². The third kappa shape index (κ3) is 5.51. The lowest BCUT2D eigenvalue weighted by molar-refractivity contribution is 0.776. The normalized spacial score (nSPS) is 14.3. The SMILES string of the molecule is c1ccc(-c2ccc(N(c3ccc4c(c3)-c3ccccc3-c3ccccc3C43c4ccccc4-c4cc5ccccc5cc43)c3ccc4c(c3)c3ccccc3n4-c3ccccc3)cc2)cc1. The summed E-state index contributed by atoms with van der Waals surface area (Å²) in [4.78, 5) is 2.46. The van der Waals surface area contributed by atoms with E-state index in [0.29, 0.717) is 0 Å². The van der Waals surface area contributed by atoms with Crippen LogP contribution in [0.5, 0.6) is 0 Å². The second-order valence-electron chi connectivity index (χ2n) is 18.0. The van der Waals surface area contributed by atoms with Crippen molar-refractivity contribution in [1.82, 2.24) is 4.57 Å². The molecule has 0 amide bonds. The monoisotopic (exact) mass is 850 g/mol. The molecule has 0 bridgehead atoms. The van der Waals surface area contributed by atoms with E-state index in [2.05, 4.69) is 264 Å². The highest BCUT2D eigenvalue weighted by atomic mass is 15.1. The van der Waals surface area contributed by atoms with Crippen LogP contribution >= 0.6 is 0 Å². The fourth-order valence-corrected chi connectivity index (χ4v) is 11.7. The zero-order valence-electron chi connectivity index (χ0n) is 36.6. The van der Waals surface area contributed by atoms with Gasteiger partial charge in [0.05, 0.1) is 16.4 Å². The van der Waals surface area contributed by atoms with Crippen LogP contribution in [-0.2, 0) is 5.41 Å². The van der Waals surface area contributed by atoms with Gasteiger partial charge in [-0.25, -0.2) is 0 Å². The van der Waals surface area contributed by atoms with E-state index in [9.17, 15) is 0 Å². The molecule has 12 aromatic rings. The van der Waals surface area contributed by atoms with E-state index in [1.54, 1.807) is 0 Å². The Bertz CT molecular complexity index is 3920. The highest BCUT2D eigenvalue weighted by Crippen LogP contribution is 2.62. The highest BCUT2D eigenvalue weighted by molar-refractivity contribution is 6.11. The number of nitrogens with zero attached hydrogens (tertiary/aromatic N) is 2. The van der Waals surface area contributed by atoms with Crippen molar-refractivity contribution in [2.45, 2.75) is 5.41 Å². The minimum atomic E-state index is -0.584. The number of fused-ring (bicyclic) bond motifs is 16. The van der Waals surface area contributed by atoms with Crippen LogP contribution in [0, 0.1) is 0 Å². The molecule has 2 aliphatic carbocycles. The summed E-state index contributed by atoms with van der Waals surface area (Å²) in [5, 5.41) is 4.94. The van der Waals surface area contributed by atoms with Crippen molar-refractivity contribution in [2.75, 3.05) is 4.90 Å². The third-order valence-corrected chi connectivity index (χ3v) is 14.6. The zero-order chi connectivity index (χ0) is 44.1. The molecule has 11 aromatic carbocycles. The molecule has 1 aromatic heterocycles. The lowest BCUT2D eigenvalue weighted by atomic mass is 9.65. The molecule has 1 spiro atoms. The first-order valence-corrected chi connectivity index (χ1v) is 23.3. The Labute approximate surface area is 389 Å². The van der Waals surface area contributed by atoms with Gasteiger partial charge in [-0.05, 0) is 150 Å². The first-order valence-electron chi connectivity index (χ1n) is 23.3. The molecule has 14 rings (SSSR count). The van der Waals surface area contributed by atoms with Crippen LogP contribution in [0.2, 0.25) is 0 Å². The maximum atomic E-state index is 2.48. The number of hydrogen-bond donors (Lipinski definition) is 0. The fraction of sp³-hybridized carbons (Fsp3) is 0.0154. The summed E-state index contributed by atoms with van der Waals surface area (Å²) in [5.41, 5.74) is 21.4. The number of benzene rings is 11. The molecule has 2 heteroatoms. The molecule has 0 saturated carbocycles. The first kappa shape index (κ1) is 37.6. The van der Waals surface area contributed by atoms with Gasteiger partial charge in [-0.1, -0.05) is 182 Å². The molecule has 2 aliphatic rings. The van der Waals surface area contributed by atoms with Gasteiger partial charge in [-0.3, -0.25) is 0 Å². The Morgan fingerprint density at radius 1 is 0.284 bits per heavy atom. The molecule has 0 aliphatic heterocycles. The van der Waals surface area contributed by atoms with Crippen molar-refractivity contribution >= 4 is 49.6 Å². The van der Waals surface area contributed by atoms with E-state index in [1.165, 1.54) is 99.3 Å². The van der Waals surface area contributed by atoms with Crippen molar-refractivity contribution in [3.05, 3.63) is 277 Å². The summed E-state index contributed by atoms with van der Waals surface area (Å²) >= 11 is 0. The van der Waals surface area contributed by atoms with Crippen LogP contribution in [-0.4, -0.2) is 4.57 Å². The second-order valence-corrected chi connectivity index (χ2v) is 18.0. The Morgan fingerprint density at radius 2 is 0.776 bits per heavy atom. The first-order chi connectivity index (χ1) is 33.2.